The Balaban J connectivity index is 1.37. The molecule has 1 fully saturated rings. The predicted octanol–water partition coefficient (Wildman–Crippen LogP) is 4.31. The van der Waals surface area contributed by atoms with Gasteiger partial charge in [-0.1, -0.05) is 54.1 Å². The second-order valence-corrected chi connectivity index (χ2v) is 9.02. The van der Waals surface area contributed by atoms with E-state index < -0.39 is 12.1 Å². The Hall–Kier alpha value is -3.88. The maximum atomic E-state index is 12.5. The van der Waals surface area contributed by atoms with Gasteiger partial charge in [0.1, 0.15) is 18.0 Å². The number of ether oxygens (including phenoxy) is 1. The van der Waals surface area contributed by atoms with Crippen LogP contribution in [0, 0.1) is 5.92 Å². The second kappa shape index (κ2) is 11.0. The van der Waals surface area contributed by atoms with Crippen molar-refractivity contribution in [2.75, 3.05) is 12.4 Å². The normalized spacial score (nSPS) is 17.5. The van der Waals surface area contributed by atoms with E-state index in [9.17, 15) is 14.7 Å². The molecule has 0 aliphatic heterocycles. The molecule has 1 heterocycles. The van der Waals surface area contributed by atoms with Crippen molar-refractivity contribution >= 4 is 17.7 Å². The molecule has 0 bridgehead atoms. The molecule has 1 amide bonds. The lowest BCUT2D eigenvalue weighted by Gasteiger charge is -2.28. The standard InChI is InChI=1S/C26H31N5O4/c1-30(16-18-7-4-3-5-8-18)26(34)35-17-23-24(28-29-31(23)2)19-11-13-21(14-12-19)27-22-10-6-9-20(15-22)25(32)33/h3-5,7-8,11-14,20,22,27H,6,9-10,15-17H2,1-2H3,(H,32,33)/t20?,22-/m0/s1. The zero-order valence-electron chi connectivity index (χ0n) is 20.1. The summed E-state index contributed by atoms with van der Waals surface area (Å²) < 4.78 is 7.15. The van der Waals surface area contributed by atoms with E-state index in [1.54, 1.807) is 18.8 Å². The number of carboxylic acids is 1. The van der Waals surface area contributed by atoms with Crippen molar-refractivity contribution < 1.29 is 19.4 Å². The van der Waals surface area contributed by atoms with Gasteiger partial charge in [0.25, 0.3) is 0 Å². The van der Waals surface area contributed by atoms with Crippen LogP contribution in [0.25, 0.3) is 11.3 Å². The van der Waals surface area contributed by atoms with Gasteiger partial charge in [0.05, 0.1) is 5.92 Å². The number of carbonyl (C=O) groups excluding carboxylic acids is 1. The predicted molar refractivity (Wildman–Crippen MR) is 132 cm³/mol. The fraction of sp³-hybridized carbons (Fsp3) is 0.385. The molecule has 35 heavy (non-hydrogen) atoms. The molecule has 9 nitrogen and oxygen atoms in total. The molecule has 1 aliphatic rings. The highest BCUT2D eigenvalue weighted by Crippen LogP contribution is 2.28. The van der Waals surface area contributed by atoms with Crippen LogP contribution in [-0.2, 0) is 29.7 Å². The van der Waals surface area contributed by atoms with Gasteiger partial charge >= 0.3 is 12.1 Å². The fourth-order valence-electron chi connectivity index (χ4n) is 4.43. The topological polar surface area (TPSA) is 110 Å². The van der Waals surface area contributed by atoms with Gasteiger partial charge < -0.3 is 20.1 Å². The summed E-state index contributed by atoms with van der Waals surface area (Å²) in [6, 6.07) is 17.7. The number of anilines is 1. The maximum absolute atomic E-state index is 12.5. The molecule has 4 rings (SSSR count). The number of nitrogens with one attached hydrogen (secondary N) is 1. The molecule has 1 saturated carbocycles. The number of aryl methyl sites for hydroxylation is 1. The average Bonchev–Trinajstić information content (AvgIpc) is 3.23. The average molecular weight is 478 g/mol. The van der Waals surface area contributed by atoms with Crippen LogP contribution in [0.5, 0.6) is 0 Å². The molecule has 2 atom stereocenters. The van der Waals surface area contributed by atoms with E-state index in [1.807, 2.05) is 54.6 Å². The Morgan fingerprint density at radius 2 is 1.89 bits per heavy atom. The molecule has 2 aromatic carbocycles. The lowest BCUT2D eigenvalue weighted by Crippen LogP contribution is -2.30. The van der Waals surface area contributed by atoms with Gasteiger partial charge in [-0.3, -0.25) is 4.79 Å². The Labute approximate surface area is 204 Å². The van der Waals surface area contributed by atoms with Crippen molar-refractivity contribution in [3.05, 3.63) is 65.9 Å². The Bertz CT molecular complexity index is 1150. The van der Waals surface area contributed by atoms with Gasteiger partial charge in [0.15, 0.2) is 0 Å². The molecular formula is C26H31N5O4. The molecule has 1 aliphatic carbocycles. The molecule has 0 spiro atoms. The van der Waals surface area contributed by atoms with Gasteiger partial charge in [-0.15, -0.1) is 5.10 Å². The van der Waals surface area contributed by atoms with E-state index in [0.717, 1.165) is 36.1 Å². The Morgan fingerprint density at radius 3 is 2.60 bits per heavy atom. The van der Waals surface area contributed by atoms with Gasteiger partial charge in [0.2, 0.25) is 0 Å². The zero-order chi connectivity index (χ0) is 24.8. The monoisotopic (exact) mass is 477 g/mol. The first-order valence-corrected chi connectivity index (χ1v) is 11.8. The fourth-order valence-corrected chi connectivity index (χ4v) is 4.43. The first kappa shape index (κ1) is 24.3. The number of nitrogens with zero attached hydrogens (tertiary/aromatic N) is 4. The maximum Gasteiger partial charge on any atom is 0.410 e. The smallest absolute Gasteiger partial charge is 0.410 e. The van der Waals surface area contributed by atoms with Gasteiger partial charge in [-0.25, -0.2) is 9.48 Å². The molecule has 1 unspecified atom stereocenters. The summed E-state index contributed by atoms with van der Waals surface area (Å²) in [5, 5.41) is 21.2. The van der Waals surface area contributed by atoms with Crippen molar-refractivity contribution in [3.63, 3.8) is 0 Å². The third-order valence-corrected chi connectivity index (χ3v) is 6.40. The van der Waals surface area contributed by atoms with E-state index in [4.69, 9.17) is 4.74 Å². The van der Waals surface area contributed by atoms with E-state index in [0.29, 0.717) is 24.4 Å². The highest BCUT2D eigenvalue weighted by Gasteiger charge is 2.27. The van der Waals surface area contributed by atoms with Crippen molar-refractivity contribution in [2.45, 2.75) is 44.9 Å². The second-order valence-electron chi connectivity index (χ2n) is 9.02. The molecule has 0 saturated heterocycles. The SMILES string of the molecule is CN(Cc1ccccc1)C(=O)OCc1c(-c2ccc(N[C@H]3CCCC(C(=O)O)C3)cc2)nnn1C. The molecule has 1 aromatic heterocycles. The van der Waals surface area contributed by atoms with Crippen molar-refractivity contribution in [2.24, 2.45) is 13.0 Å². The molecule has 3 aromatic rings. The number of aliphatic carboxylic acids is 1. The Kier molecular flexibility index (Phi) is 7.64. The van der Waals surface area contributed by atoms with Crippen LogP contribution in [0.15, 0.2) is 54.6 Å². The number of hydrogen-bond donors (Lipinski definition) is 2. The summed E-state index contributed by atoms with van der Waals surface area (Å²) in [5.41, 5.74) is 4.17. The Morgan fingerprint density at radius 1 is 1.14 bits per heavy atom. The first-order chi connectivity index (χ1) is 16.9. The summed E-state index contributed by atoms with van der Waals surface area (Å²) >= 11 is 0. The van der Waals surface area contributed by atoms with Crippen molar-refractivity contribution in [1.82, 2.24) is 19.9 Å². The van der Waals surface area contributed by atoms with Gasteiger partial charge in [0, 0.05) is 37.9 Å². The van der Waals surface area contributed by atoms with Crippen molar-refractivity contribution in [1.29, 1.82) is 0 Å². The number of rotatable bonds is 8. The van der Waals surface area contributed by atoms with Crippen LogP contribution in [-0.4, -0.2) is 50.2 Å². The van der Waals surface area contributed by atoms with Gasteiger partial charge in [-0.05, 0) is 37.0 Å². The summed E-state index contributed by atoms with van der Waals surface area (Å²) in [5.74, 6) is -0.994. The highest BCUT2D eigenvalue weighted by atomic mass is 16.6. The zero-order valence-corrected chi connectivity index (χ0v) is 20.1. The van der Waals surface area contributed by atoms with Crippen LogP contribution in [0.3, 0.4) is 0 Å². The number of carbonyl (C=O) groups is 2. The van der Waals surface area contributed by atoms with Crippen LogP contribution in [0.2, 0.25) is 0 Å². The van der Waals surface area contributed by atoms with E-state index in [1.165, 1.54) is 4.90 Å². The summed E-state index contributed by atoms with van der Waals surface area (Å²) in [7, 11) is 3.47. The minimum Gasteiger partial charge on any atom is -0.481 e. The highest BCUT2D eigenvalue weighted by molar-refractivity contribution is 5.70. The van der Waals surface area contributed by atoms with Crippen LogP contribution in [0.4, 0.5) is 10.5 Å². The van der Waals surface area contributed by atoms with Crippen LogP contribution >= 0.6 is 0 Å². The number of carboxylic acid groups (broad SMARTS) is 1. The molecule has 2 N–H and O–H groups in total. The summed E-state index contributed by atoms with van der Waals surface area (Å²) in [4.78, 5) is 25.4. The number of amides is 1. The third-order valence-electron chi connectivity index (χ3n) is 6.40. The van der Waals surface area contributed by atoms with Crippen LogP contribution < -0.4 is 5.32 Å². The van der Waals surface area contributed by atoms with E-state index in [2.05, 4.69) is 15.6 Å². The first-order valence-electron chi connectivity index (χ1n) is 11.8. The lowest BCUT2D eigenvalue weighted by atomic mass is 9.85. The lowest BCUT2D eigenvalue weighted by molar-refractivity contribution is -0.142. The number of aromatic nitrogens is 3. The minimum atomic E-state index is -0.714. The van der Waals surface area contributed by atoms with Crippen molar-refractivity contribution in [3.8, 4) is 11.3 Å². The molecule has 9 heteroatoms. The number of benzene rings is 2. The minimum absolute atomic E-state index is 0.0510. The molecule has 184 valence electrons. The van der Waals surface area contributed by atoms with E-state index >= 15 is 0 Å². The summed E-state index contributed by atoms with van der Waals surface area (Å²) in [6.07, 6.45) is 2.83. The van der Waals surface area contributed by atoms with Crippen LogP contribution in [0.1, 0.15) is 36.9 Å². The summed E-state index contributed by atoms with van der Waals surface area (Å²) in [6.45, 7) is 0.508. The van der Waals surface area contributed by atoms with Gasteiger partial charge in [-0.2, -0.15) is 0 Å². The number of hydrogen-bond acceptors (Lipinski definition) is 6. The van der Waals surface area contributed by atoms with E-state index in [-0.39, 0.29) is 18.6 Å². The molecule has 0 radical (unpaired) electrons. The largest absolute Gasteiger partial charge is 0.481 e. The molecular weight excluding hydrogens is 446 g/mol. The quantitative estimate of drug-likeness (QED) is 0.498. The third kappa shape index (κ3) is 6.17.